The van der Waals surface area contributed by atoms with E-state index in [4.69, 9.17) is 4.74 Å². The summed E-state index contributed by atoms with van der Waals surface area (Å²) in [5.41, 5.74) is 2.42. The Kier molecular flexibility index (Phi) is 6.07. The highest BCUT2D eigenvalue weighted by Crippen LogP contribution is 2.26. The molecule has 22 heavy (non-hydrogen) atoms. The Bertz CT molecular complexity index is 467. The Morgan fingerprint density at radius 1 is 1.27 bits per heavy atom. The van der Waals surface area contributed by atoms with Crippen LogP contribution < -0.4 is 10.2 Å². The molecule has 0 radical (unpaired) electrons. The molecular weight excluding hydrogens is 278 g/mol. The fourth-order valence-electron chi connectivity index (χ4n) is 2.87. The van der Waals surface area contributed by atoms with Gasteiger partial charge in [0.15, 0.2) is 0 Å². The summed E-state index contributed by atoms with van der Waals surface area (Å²) in [6, 6.07) is 8.78. The Hall–Kier alpha value is -1.75. The first kappa shape index (κ1) is 16.6. The quantitative estimate of drug-likeness (QED) is 0.877. The summed E-state index contributed by atoms with van der Waals surface area (Å²) in [5, 5.41) is 2.88. The third kappa shape index (κ3) is 4.37. The zero-order valence-electron chi connectivity index (χ0n) is 13.8. The lowest BCUT2D eigenvalue weighted by atomic mass is 10.0. The molecule has 5 heteroatoms. The van der Waals surface area contributed by atoms with E-state index in [0.29, 0.717) is 13.2 Å². The summed E-state index contributed by atoms with van der Waals surface area (Å²) in [6.07, 6.45) is 2.12. The van der Waals surface area contributed by atoms with Gasteiger partial charge in [0.2, 0.25) is 0 Å². The molecular formula is C17H27N3O2. The standard InChI is InChI=1S/C17H27N3O2/c1-4-22-17(21)18-13-16(20-11-5-6-12-20)14-7-9-15(10-8-14)19(2)3/h7-10,16H,4-6,11-13H2,1-3H3,(H,18,21)/t16-/m0/s1. The van der Waals surface area contributed by atoms with Gasteiger partial charge in [-0.15, -0.1) is 0 Å². The van der Waals surface area contributed by atoms with Gasteiger partial charge in [0.05, 0.1) is 12.6 Å². The fraction of sp³-hybridized carbons (Fsp3) is 0.588. The highest BCUT2D eigenvalue weighted by molar-refractivity contribution is 5.67. The number of amides is 1. The van der Waals surface area contributed by atoms with E-state index in [1.807, 2.05) is 21.0 Å². The number of ether oxygens (including phenoxy) is 1. The molecule has 0 unspecified atom stereocenters. The van der Waals surface area contributed by atoms with Crippen LogP contribution >= 0.6 is 0 Å². The second kappa shape index (κ2) is 8.03. The number of nitrogens with zero attached hydrogens (tertiary/aromatic N) is 2. The number of rotatable bonds is 6. The van der Waals surface area contributed by atoms with Crippen molar-refractivity contribution in [3.63, 3.8) is 0 Å². The highest BCUT2D eigenvalue weighted by atomic mass is 16.5. The molecule has 1 saturated heterocycles. The topological polar surface area (TPSA) is 44.8 Å². The normalized spacial score (nSPS) is 16.3. The van der Waals surface area contributed by atoms with Gasteiger partial charge in [-0.25, -0.2) is 4.79 Å². The van der Waals surface area contributed by atoms with Gasteiger partial charge >= 0.3 is 6.09 Å². The van der Waals surface area contributed by atoms with E-state index in [0.717, 1.165) is 13.1 Å². The lowest BCUT2D eigenvalue weighted by molar-refractivity contribution is 0.146. The summed E-state index contributed by atoms with van der Waals surface area (Å²) in [6.45, 7) is 4.98. The number of likely N-dealkylation sites (tertiary alicyclic amines) is 1. The van der Waals surface area contributed by atoms with Gasteiger partial charge in [-0.2, -0.15) is 0 Å². The molecule has 5 nitrogen and oxygen atoms in total. The Balaban J connectivity index is 2.07. The van der Waals surface area contributed by atoms with Crippen molar-refractivity contribution in [2.45, 2.75) is 25.8 Å². The maximum Gasteiger partial charge on any atom is 0.407 e. The zero-order valence-corrected chi connectivity index (χ0v) is 13.8. The molecule has 1 atom stereocenters. The van der Waals surface area contributed by atoms with E-state index in [1.165, 1.54) is 24.1 Å². The van der Waals surface area contributed by atoms with Crippen molar-refractivity contribution < 1.29 is 9.53 Å². The van der Waals surface area contributed by atoms with Crippen LogP contribution in [0.3, 0.4) is 0 Å². The van der Waals surface area contributed by atoms with Gasteiger partial charge in [-0.05, 0) is 50.6 Å². The maximum absolute atomic E-state index is 11.6. The lowest BCUT2D eigenvalue weighted by Crippen LogP contribution is -2.37. The summed E-state index contributed by atoms with van der Waals surface area (Å²) in [4.78, 5) is 16.1. The van der Waals surface area contributed by atoms with Gasteiger partial charge in [-0.1, -0.05) is 12.1 Å². The largest absolute Gasteiger partial charge is 0.450 e. The Morgan fingerprint density at radius 2 is 1.91 bits per heavy atom. The zero-order chi connectivity index (χ0) is 15.9. The van der Waals surface area contributed by atoms with Crippen LogP contribution in [0.5, 0.6) is 0 Å². The van der Waals surface area contributed by atoms with Crippen LogP contribution in [0, 0.1) is 0 Å². The molecule has 122 valence electrons. The smallest absolute Gasteiger partial charge is 0.407 e. The van der Waals surface area contributed by atoms with E-state index < -0.39 is 0 Å². The number of alkyl carbamates (subject to hydrolysis) is 1. The molecule has 1 aromatic rings. The molecule has 0 aliphatic carbocycles. The minimum Gasteiger partial charge on any atom is -0.450 e. The minimum atomic E-state index is -0.336. The second-order valence-electron chi connectivity index (χ2n) is 5.85. The Labute approximate surface area is 133 Å². The highest BCUT2D eigenvalue weighted by Gasteiger charge is 2.24. The average Bonchev–Trinajstić information content (AvgIpc) is 3.02. The molecule has 1 heterocycles. The molecule has 1 fully saturated rings. The van der Waals surface area contributed by atoms with E-state index in [1.54, 1.807) is 0 Å². The number of hydrogen-bond acceptors (Lipinski definition) is 4. The first-order valence-electron chi connectivity index (χ1n) is 8.03. The Morgan fingerprint density at radius 3 is 2.45 bits per heavy atom. The number of carbonyl (C=O) groups excluding carboxylic acids is 1. The minimum absolute atomic E-state index is 0.211. The van der Waals surface area contributed by atoms with E-state index in [9.17, 15) is 4.79 Å². The lowest BCUT2D eigenvalue weighted by Gasteiger charge is -2.28. The van der Waals surface area contributed by atoms with Crippen LogP contribution in [0.25, 0.3) is 0 Å². The van der Waals surface area contributed by atoms with Crippen molar-refractivity contribution in [1.29, 1.82) is 0 Å². The van der Waals surface area contributed by atoms with Crippen LogP contribution in [0.15, 0.2) is 24.3 Å². The summed E-state index contributed by atoms with van der Waals surface area (Å²) in [5.74, 6) is 0. The van der Waals surface area contributed by atoms with Crippen molar-refractivity contribution in [2.75, 3.05) is 45.2 Å². The predicted octanol–water partition coefficient (Wildman–Crippen LogP) is 2.64. The average molecular weight is 305 g/mol. The van der Waals surface area contributed by atoms with E-state index in [2.05, 4.69) is 39.4 Å². The van der Waals surface area contributed by atoms with E-state index in [-0.39, 0.29) is 12.1 Å². The fourth-order valence-corrected chi connectivity index (χ4v) is 2.87. The molecule has 1 aliphatic rings. The molecule has 2 rings (SSSR count). The predicted molar refractivity (Wildman–Crippen MR) is 89.3 cm³/mol. The first-order chi connectivity index (χ1) is 10.6. The first-order valence-corrected chi connectivity index (χ1v) is 8.03. The monoisotopic (exact) mass is 305 g/mol. The molecule has 1 aromatic carbocycles. The number of hydrogen-bond donors (Lipinski definition) is 1. The van der Waals surface area contributed by atoms with Crippen molar-refractivity contribution in [3.05, 3.63) is 29.8 Å². The van der Waals surface area contributed by atoms with Gasteiger partial charge < -0.3 is 15.0 Å². The summed E-state index contributed by atoms with van der Waals surface area (Å²) >= 11 is 0. The SMILES string of the molecule is CCOC(=O)NC[C@@H](c1ccc(N(C)C)cc1)N1CCCC1. The molecule has 0 bridgehead atoms. The molecule has 0 aromatic heterocycles. The summed E-state index contributed by atoms with van der Waals surface area (Å²) < 4.78 is 4.97. The van der Waals surface area contributed by atoms with Crippen LogP contribution in [0.2, 0.25) is 0 Å². The molecule has 0 saturated carbocycles. The van der Waals surface area contributed by atoms with Crippen molar-refractivity contribution in [3.8, 4) is 0 Å². The maximum atomic E-state index is 11.6. The van der Waals surface area contributed by atoms with Crippen molar-refractivity contribution >= 4 is 11.8 Å². The van der Waals surface area contributed by atoms with Gasteiger partial charge in [0.1, 0.15) is 0 Å². The van der Waals surface area contributed by atoms with Gasteiger partial charge in [-0.3, -0.25) is 4.90 Å². The number of anilines is 1. The number of nitrogens with one attached hydrogen (secondary N) is 1. The van der Waals surface area contributed by atoms with Crippen LogP contribution in [-0.4, -0.2) is 51.3 Å². The van der Waals surface area contributed by atoms with Crippen LogP contribution in [-0.2, 0) is 4.74 Å². The van der Waals surface area contributed by atoms with Crippen molar-refractivity contribution in [1.82, 2.24) is 10.2 Å². The van der Waals surface area contributed by atoms with Crippen LogP contribution in [0.4, 0.5) is 10.5 Å². The van der Waals surface area contributed by atoms with E-state index >= 15 is 0 Å². The van der Waals surface area contributed by atoms with Crippen molar-refractivity contribution in [2.24, 2.45) is 0 Å². The molecule has 1 N–H and O–H groups in total. The van der Waals surface area contributed by atoms with Gasteiger partial charge in [0.25, 0.3) is 0 Å². The summed E-state index contributed by atoms with van der Waals surface area (Å²) in [7, 11) is 4.07. The molecule has 1 aliphatic heterocycles. The molecule has 1 amide bonds. The third-order valence-corrected chi connectivity index (χ3v) is 4.09. The third-order valence-electron chi connectivity index (χ3n) is 4.09. The number of carbonyl (C=O) groups is 1. The number of benzene rings is 1. The molecule has 0 spiro atoms. The second-order valence-corrected chi connectivity index (χ2v) is 5.85. The van der Waals surface area contributed by atoms with Crippen LogP contribution in [0.1, 0.15) is 31.4 Å². The van der Waals surface area contributed by atoms with Gasteiger partial charge in [0, 0.05) is 26.3 Å².